The van der Waals surface area contributed by atoms with Crippen LogP contribution in [-0.2, 0) is 21.6 Å². The lowest BCUT2D eigenvalue weighted by molar-refractivity contribution is -0.147. The summed E-state index contributed by atoms with van der Waals surface area (Å²) in [7, 11) is 1.59. The molecule has 1 heterocycles. The topological polar surface area (TPSA) is 65.0 Å². The van der Waals surface area contributed by atoms with Crippen LogP contribution in [0.3, 0.4) is 0 Å². The molecule has 1 saturated carbocycles. The molecule has 0 radical (unpaired) electrons. The largest absolute Gasteiger partial charge is 0.481 e. The van der Waals surface area contributed by atoms with Crippen molar-refractivity contribution >= 4 is 5.97 Å². The maximum Gasteiger partial charge on any atom is 0.314 e. The molecular weight excluding hydrogens is 248 g/mol. The van der Waals surface area contributed by atoms with Gasteiger partial charge in [-0.2, -0.15) is 0 Å². The van der Waals surface area contributed by atoms with Crippen LogP contribution in [0.15, 0.2) is 12.1 Å². The van der Waals surface area contributed by atoms with Crippen molar-refractivity contribution in [1.29, 1.82) is 0 Å². The molecule has 19 heavy (non-hydrogen) atoms. The molecule has 0 amide bonds. The van der Waals surface area contributed by atoms with Gasteiger partial charge in [-0.15, -0.1) is 0 Å². The summed E-state index contributed by atoms with van der Waals surface area (Å²) in [4.78, 5) is 11.6. The van der Waals surface area contributed by atoms with E-state index in [0.29, 0.717) is 30.9 Å². The second kappa shape index (κ2) is 4.42. The van der Waals surface area contributed by atoms with Crippen LogP contribution in [0.5, 0.6) is 11.5 Å². The molecule has 1 aliphatic heterocycles. The molecule has 0 aromatic heterocycles. The van der Waals surface area contributed by atoms with Crippen LogP contribution in [0.25, 0.3) is 0 Å². The van der Waals surface area contributed by atoms with Gasteiger partial charge in [0.25, 0.3) is 0 Å². The number of aliphatic carboxylic acids is 1. The Labute approximate surface area is 111 Å². The fourth-order valence-corrected chi connectivity index (χ4v) is 2.89. The Bertz CT molecular complexity index is 519. The first-order chi connectivity index (χ1) is 9.19. The molecule has 102 valence electrons. The highest BCUT2D eigenvalue weighted by molar-refractivity contribution is 5.84. The van der Waals surface area contributed by atoms with Crippen molar-refractivity contribution in [3.05, 3.63) is 23.3 Å². The van der Waals surface area contributed by atoms with Gasteiger partial charge in [0, 0.05) is 12.7 Å². The van der Waals surface area contributed by atoms with Gasteiger partial charge in [-0.3, -0.25) is 4.79 Å². The predicted octanol–water partition coefficient (Wildman–Crippen LogP) is 2.07. The van der Waals surface area contributed by atoms with E-state index in [9.17, 15) is 9.90 Å². The highest BCUT2D eigenvalue weighted by Crippen LogP contribution is 2.49. The summed E-state index contributed by atoms with van der Waals surface area (Å²) >= 11 is 0. The van der Waals surface area contributed by atoms with Crippen molar-refractivity contribution < 1.29 is 24.1 Å². The number of benzene rings is 1. The summed E-state index contributed by atoms with van der Waals surface area (Å²) in [6, 6.07) is 3.63. The maximum atomic E-state index is 11.6. The van der Waals surface area contributed by atoms with Crippen molar-refractivity contribution in [3.8, 4) is 11.5 Å². The monoisotopic (exact) mass is 264 g/mol. The van der Waals surface area contributed by atoms with E-state index in [1.165, 1.54) is 0 Å². The summed E-state index contributed by atoms with van der Waals surface area (Å²) in [5.74, 6) is 0.525. The van der Waals surface area contributed by atoms with E-state index >= 15 is 0 Å². The van der Waals surface area contributed by atoms with Crippen LogP contribution in [0.2, 0.25) is 0 Å². The highest BCUT2D eigenvalue weighted by atomic mass is 16.7. The fraction of sp³-hybridized carbons (Fsp3) is 0.500. The van der Waals surface area contributed by atoms with Crippen LogP contribution in [0.1, 0.15) is 30.4 Å². The van der Waals surface area contributed by atoms with E-state index in [1.807, 2.05) is 6.07 Å². The van der Waals surface area contributed by atoms with Crippen LogP contribution in [0, 0.1) is 0 Å². The molecule has 1 fully saturated rings. The second-order valence-corrected chi connectivity index (χ2v) is 5.00. The molecule has 2 aliphatic rings. The Kier molecular flexibility index (Phi) is 2.86. The lowest BCUT2D eigenvalue weighted by atomic mass is 9.63. The summed E-state index contributed by atoms with van der Waals surface area (Å²) < 4.78 is 16.0. The quantitative estimate of drug-likeness (QED) is 0.901. The number of fused-ring (bicyclic) bond motifs is 1. The first kappa shape index (κ1) is 12.3. The van der Waals surface area contributed by atoms with E-state index in [4.69, 9.17) is 14.2 Å². The standard InChI is InChI=1S/C14H16O5/c1-17-7-9-10(14(13(15)16)5-2-6-14)3-4-11-12(9)19-8-18-11/h3-4H,2,5-8H2,1H3,(H,15,16). The SMILES string of the molecule is COCc1c(C2(C(=O)O)CCC2)ccc2c1OCO2. The third kappa shape index (κ3) is 1.69. The summed E-state index contributed by atoms with van der Waals surface area (Å²) in [6.45, 7) is 0.506. The van der Waals surface area contributed by atoms with E-state index in [2.05, 4.69) is 0 Å². The zero-order valence-electron chi connectivity index (χ0n) is 10.8. The lowest BCUT2D eigenvalue weighted by Gasteiger charge is -2.39. The zero-order valence-corrected chi connectivity index (χ0v) is 10.8. The van der Waals surface area contributed by atoms with Crippen molar-refractivity contribution in [2.24, 2.45) is 0 Å². The molecule has 0 saturated heterocycles. The minimum atomic E-state index is -0.783. The Morgan fingerprint density at radius 3 is 2.79 bits per heavy atom. The third-order valence-electron chi connectivity index (χ3n) is 4.06. The first-order valence-electron chi connectivity index (χ1n) is 6.33. The van der Waals surface area contributed by atoms with E-state index in [0.717, 1.165) is 17.5 Å². The molecule has 0 spiro atoms. The molecule has 0 atom stereocenters. The van der Waals surface area contributed by atoms with Gasteiger partial charge in [0.1, 0.15) is 0 Å². The number of carbonyl (C=O) groups is 1. The van der Waals surface area contributed by atoms with Crippen LogP contribution in [-0.4, -0.2) is 25.0 Å². The van der Waals surface area contributed by atoms with Crippen molar-refractivity contribution in [1.82, 2.24) is 0 Å². The average molecular weight is 264 g/mol. The van der Waals surface area contributed by atoms with Crippen molar-refractivity contribution in [2.45, 2.75) is 31.3 Å². The Morgan fingerprint density at radius 1 is 1.42 bits per heavy atom. The van der Waals surface area contributed by atoms with E-state index < -0.39 is 11.4 Å². The maximum absolute atomic E-state index is 11.6. The first-order valence-corrected chi connectivity index (χ1v) is 6.33. The van der Waals surface area contributed by atoms with Gasteiger partial charge in [0.2, 0.25) is 6.79 Å². The smallest absolute Gasteiger partial charge is 0.314 e. The second-order valence-electron chi connectivity index (χ2n) is 5.00. The predicted molar refractivity (Wildman–Crippen MR) is 66.4 cm³/mol. The minimum absolute atomic E-state index is 0.176. The van der Waals surface area contributed by atoms with Gasteiger partial charge in [-0.05, 0) is 24.5 Å². The molecule has 0 bridgehead atoms. The van der Waals surface area contributed by atoms with Gasteiger partial charge in [-0.25, -0.2) is 0 Å². The molecular formula is C14H16O5. The molecule has 1 N–H and O–H groups in total. The minimum Gasteiger partial charge on any atom is -0.481 e. The molecule has 5 nitrogen and oxygen atoms in total. The third-order valence-corrected chi connectivity index (χ3v) is 4.06. The van der Waals surface area contributed by atoms with Gasteiger partial charge >= 0.3 is 5.97 Å². The van der Waals surface area contributed by atoms with Crippen molar-refractivity contribution in [3.63, 3.8) is 0 Å². The fourth-order valence-electron chi connectivity index (χ4n) is 2.89. The highest BCUT2D eigenvalue weighted by Gasteiger charge is 2.48. The molecule has 1 aromatic carbocycles. The van der Waals surface area contributed by atoms with E-state index in [1.54, 1.807) is 13.2 Å². The van der Waals surface area contributed by atoms with Gasteiger partial charge in [0.15, 0.2) is 11.5 Å². The molecule has 5 heteroatoms. The normalized spacial score (nSPS) is 19.0. The Balaban J connectivity index is 2.13. The zero-order chi connectivity index (χ0) is 13.5. The molecule has 1 aromatic rings. The Hall–Kier alpha value is -1.75. The molecule has 1 aliphatic carbocycles. The number of carboxylic acids is 1. The number of ether oxygens (including phenoxy) is 3. The number of hydrogen-bond acceptors (Lipinski definition) is 4. The summed E-state index contributed by atoms with van der Waals surface area (Å²) in [5.41, 5.74) is 0.825. The van der Waals surface area contributed by atoms with Gasteiger partial charge in [-0.1, -0.05) is 12.5 Å². The number of rotatable bonds is 4. The summed E-state index contributed by atoms with van der Waals surface area (Å²) in [5, 5.41) is 9.57. The van der Waals surface area contributed by atoms with E-state index in [-0.39, 0.29) is 6.79 Å². The lowest BCUT2D eigenvalue weighted by Crippen LogP contribution is -2.43. The Morgan fingerprint density at radius 2 is 2.21 bits per heavy atom. The number of hydrogen-bond donors (Lipinski definition) is 1. The van der Waals surface area contributed by atoms with Crippen LogP contribution in [0.4, 0.5) is 0 Å². The van der Waals surface area contributed by atoms with Gasteiger partial charge < -0.3 is 19.3 Å². The van der Waals surface area contributed by atoms with Crippen LogP contribution >= 0.6 is 0 Å². The molecule has 0 unspecified atom stereocenters. The average Bonchev–Trinajstić information content (AvgIpc) is 2.78. The van der Waals surface area contributed by atoms with Crippen molar-refractivity contribution in [2.75, 3.05) is 13.9 Å². The van der Waals surface area contributed by atoms with Crippen LogP contribution < -0.4 is 9.47 Å². The summed E-state index contributed by atoms with van der Waals surface area (Å²) in [6.07, 6.45) is 2.27. The molecule has 3 rings (SSSR count). The van der Waals surface area contributed by atoms with Gasteiger partial charge in [0.05, 0.1) is 12.0 Å². The number of methoxy groups -OCH3 is 1. The number of carboxylic acid groups (broad SMARTS) is 1.